The quantitative estimate of drug-likeness (QED) is 0.336. The van der Waals surface area contributed by atoms with Crippen LogP contribution in [0.4, 0.5) is 0 Å². The zero-order valence-corrected chi connectivity index (χ0v) is 21.6. The number of nitrogens with zero attached hydrogens (tertiary/aromatic N) is 3. The lowest BCUT2D eigenvalue weighted by Gasteiger charge is -2.08. The van der Waals surface area contributed by atoms with Gasteiger partial charge >= 0.3 is 0 Å². The molecule has 1 heterocycles. The van der Waals surface area contributed by atoms with Crippen molar-refractivity contribution in [1.82, 2.24) is 15.5 Å². The zero-order valence-electron chi connectivity index (χ0n) is 21.6. The molecular weight excluding hydrogens is 406 g/mol. The SMILES string of the molecule is C/C=C(\C)c1ccccc1.C=C(C)NC(=N/C=C\C)C(C)=N/C=C(\CC)c1cn[nH]c1.CC. The van der Waals surface area contributed by atoms with Crippen molar-refractivity contribution in [2.45, 2.75) is 61.8 Å². The van der Waals surface area contributed by atoms with Gasteiger partial charge in [-0.2, -0.15) is 5.10 Å². The number of H-pyrrole nitrogens is 1. The number of allylic oxidation sites excluding steroid dienone is 5. The number of hydrogen-bond donors (Lipinski definition) is 2. The van der Waals surface area contributed by atoms with E-state index in [-0.39, 0.29) is 0 Å². The van der Waals surface area contributed by atoms with Crippen molar-refractivity contribution in [3.05, 3.63) is 90.7 Å². The Morgan fingerprint density at radius 3 is 2.21 bits per heavy atom. The molecule has 0 amide bonds. The molecule has 0 spiro atoms. The van der Waals surface area contributed by atoms with Crippen LogP contribution in [0.15, 0.2) is 89.5 Å². The van der Waals surface area contributed by atoms with E-state index in [2.05, 4.69) is 83.2 Å². The summed E-state index contributed by atoms with van der Waals surface area (Å²) in [6.45, 7) is 19.8. The summed E-state index contributed by atoms with van der Waals surface area (Å²) in [6, 6.07) is 10.4. The third-order valence-electron chi connectivity index (χ3n) is 4.35. The molecular formula is C28H41N5. The lowest BCUT2D eigenvalue weighted by molar-refractivity contribution is 1.09. The summed E-state index contributed by atoms with van der Waals surface area (Å²) < 4.78 is 0. The molecule has 1 aromatic heterocycles. The molecule has 0 aliphatic carbocycles. The lowest BCUT2D eigenvalue weighted by atomic mass is 10.1. The van der Waals surface area contributed by atoms with Gasteiger partial charge in [0.25, 0.3) is 0 Å². The predicted octanol–water partition coefficient (Wildman–Crippen LogP) is 7.81. The summed E-state index contributed by atoms with van der Waals surface area (Å²) in [6.07, 6.45) is 12.1. The third kappa shape index (κ3) is 12.2. The summed E-state index contributed by atoms with van der Waals surface area (Å²) in [5.41, 5.74) is 6.43. The van der Waals surface area contributed by atoms with E-state index in [9.17, 15) is 0 Å². The van der Waals surface area contributed by atoms with E-state index in [1.807, 2.05) is 59.2 Å². The monoisotopic (exact) mass is 447 g/mol. The Labute approximate surface area is 200 Å². The van der Waals surface area contributed by atoms with E-state index in [0.717, 1.165) is 29.0 Å². The minimum absolute atomic E-state index is 0.694. The Morgan fingerprint density at radius 1 is 1.06 bits per heavy atom. The number of benzene rings is 1. The Hall–Kier alpha value is -3.47. The average molecular weight is 448 g/mol. The molecule has 2 rings (SSSR count). The highest BCUT2D eigenvalue weighted by Crippen LogP contribution is 2.16. The highest BCUT2D eigenvalue weighted by molar-refractivity contribution is 6.41. The molecule has 0 aliphatic heterocycles. The van der Waals surface area contributed by atoms with Crippen molar-refractivity contribution in [3.8, 4) is 0 Å². The van der Waals surface area contributed by atoms with Crippen LogP contribution in [-0.4, -0.2) is 21.7 Å². The fraction of sp³-hybridized carbons (Fsp3) is 0.321. The number of aromatic amines is 1. The number of aromatic nitrogens is 2. The van der Waals surface area contributed by atoms with Gasteiger partial charge in [0, 0.05) is 29.9 Å². The standard InChI is InChI=1S/C16H23N5.C10H12.C2H6/c1-6-8-17-16(21-12(3)4)13(5)18-9-14(7-2)15-10-19-20-11-15;1-3-9(2)10-7-5-4-6-8-10;1-2/h6,8-11H,3,7H2,1-2,4-5H3,(H,17,21)(H,19,20);3-8H,1-2H3;1-2H3/b8-6-,14-9+,18-13?;9-3+;. The summed E-state index contributed by atoms with van der Waals surface area (Å²) >= 11 is 0. The molecule has 0 bridgehead atoms. The van der Waals surface area contributed by atoms with E-state index in [4.69, 9.17) is 0 Å². The van der Waals surface area contributed by atoms with Gasteiger partial charge < -0.3 is 5.32 Å². The Balaban J connectivity index is 0.000000709. The van der Waals surface area contributed by atoms with Crippen molar-refractivity contribution in [3.63, 3.8) is 0 Å². The van der Waals surface area contributed by atoms with Crippen LogP contribution < -0.4 is 5.32 Å². The number of hydrogen-bond acceptors (Lipinski definition) is 3. The first-order valence-electron chi connectivity index (χ1n) is 11.5. The first-order chi connectivity index (χ1) is 15.9. The first-order valence-corrected chi connectivity index (χ1v) is 11.5. The third-order valence-corrected chi connectivity index (χ3v) is 4.35. The molecule has 5 heteroatoms. The largest absolute Gasteiger partial charge is 0.343 e. The molecule has 0 saturated carbocycles. The van der Waals surface area contributed by atoms with E-state index in [1.165, 1.54) is 11.1 Å². The second-order valence-corrected chi connectivity index (χ2v) is 6.91. The van der Waals surface area contributed by atoms with Gasteiger partial charge in [0.1, 0.15) is 0 Å². The van der Waals surface area contributed by atoms with Crippen molar-refractivity contribution in [1.29, 1.82) is 0 Å². The van der Waals surface area contributed by atoms with Crippen molar-refractivity contribution in [2.75, 3.05) is 0 Å². The smallest absolute Gasteiger partial charge is 0.151 e. The number of amidine groups is 1. The molecule has 2 N–H and O–H groups in total. The van der Waals surface area contributed by atoms with Crippen LogP contribution in [0.5, 0.6) is 0 Å². The van der Waals surface area contributed by atoms with Gasteiger partial charge in [-0.25, -0.2) is 4.99 Å². The van der Waals surface area contributed by atoms with Crippen LogP contribution in [0.25, 0.3) is 11.1 Å². The fourth-order valence-corrected chi connectivity index (χ4v) is 2.47. The molecule has 178 valence electrons. The topological polar surface area (TPSA) is 65.4 Å². The number of aliphatic imine (C=N–C) groups is 2. The van der Waals surface area contributed by atoms with Crippen molar-refractivity contribution >= 4 is 22.7 Å². The van der Waals surface area contributed by atoms with Gasteiger partial charge in [0.05, 0.1) is 11.9 Å². The molecule has 0 saturated heterocycles. The second-order valence-electron chi connectivity index (χ2n) is 6.91. The molecule has 0 atom stereocenters. The number of nitrogens with one attached hydrogen (secondary N) is 2. The zero-order chi connectivity index (χ0) is 25.1. The van der Waals surface area contributed by atoms with Gasteiger partial charge in [0.2, 0.25) is 0 Å². The van der Waals surface area contributed by atoms with Gasteiger partial charge in [-0.15, -0.1) is 0 Å². The van der Waals surface area contributed by atoms with Crippen LogP contribution in [0.2, 0.25) is 0 Å². The normalized spacial score (nSPS) is 12.5. The Kier molecular flexibility index (Phi) is 16.2. The first kappa shape index (κ1) is 29.5. The summed E-state index contributed by atoms with van der Waals surface area (Å²) in [5.74, 6) is 0.694. The van der Waals surface area contributed by atoms with Gasteiger partial charge in [0.15, 0.2) is 5.84 Å². The van der Waals surface area contributed by atoms with Crippen molar-refractivity contribution < 1.29 is 0 Å². The van der Waals surface area contributed by atoms with Crippen LogP contribution in [0, 0.1) is 0 Å². The summed E-state index contributed by atoms with van der Waals surface area (Å²) in [4.78, 5) is 8.84. The van der Waals surface area contributed by atoms with Crippen molar-refractivity contribution in [2.24, 2.45) is 9.98 Å². The average Bonchev–Trinajstić information content (AvgIpc) is 3.38. The fourth-order valence-electron chi connectivity index (χ4n) is 2.47. The minimum Gasteiger partial charge on any atom is -0.343 e. The molecule has 0 fully saturated rings. The van der Waals surface area contributed by atoms with Gasteiger partial charge in [-0.05, 0) is 57.7 Å². The van der Waals surface area contributed by atoms with Crippen LogP contribution in [0.1, 0.15) is 72.9 Å². The molecule has 2 aromatic rings. The summed E-state index contributed by atoms with van der Waals surface area (Å²) in [5, 5.41) is 9.89. The van der Waals surface area contributed by atoms with E-state index in [1.54, 1.807) is 12.4 Å². The molecule has 1 aromatic carbocycles. The van der Waals surface area contributed by atoms with Crippen LogP contribution in [0.3, 0.4) is 0 Å². The van der Waals surface area contributed by atoms with Crippen LogP contribution >= 0.6 is 0 Å². The maximum atomic E-state index is 4.50. The highest BCUT2D eigenvalue weighted by atomic mass is 15.1. The molecule has 33 heavy (non-hydrogen) atoms. The van der Waals surface area contributed by atoms with Gasteiger partial charge in [-0.1, -0.05) is 69.8 Å². The highest BCUT2D eigenvalue weighted by Gasteiger charge is 2.03. The Morgan fingerprint density at radius 2 is 1.73 bits per heavy atom. The Bertz CT molecular complexity index is 943. The van der Waals surface area contributed by atoms with Gasteiger partial charge in [-0.3, -0.25) is 10.1 Å². The minimum atomic E-state index is 0.694. The maximum Gasteiger partial charge on any atom is 0.151 e. The molecule has 0 aliphatic rings. The molecule has 0 unspecified atom stereocenters. The van der Waals surface area contributed by atoms with Crippen LogP contribution in [-0.2, 0) is 0 Å². The second kappa shape index (κ2) is 18.1. The van der Waals surface area contributed by atoms with E-state index >= 15 is 0 Å². The number of rotatable bonds is 7. The van der Waals surface area contributed by atoms with E-state index < -0.39 is 0 Å². The summed E-state index contributed by atoms with van der Waals surface area (Å²) in [7, 11) is 0. The van der Waals surface area contributed by atoms with E-state index in [0.29, 0.717) is 5.84 Å². The molecule has 5 nitrogen and oxygen atoms in total. The molecule has 0 radical (unpaired) electrons. The predicted molar refractivity (Wildman–Crippen MR) is 147 cm³/mol. The lowest BCUT2D eigenvalue weighted by Crippen LogP contribution is -2.27. The maximum absolute atomic E-state index is 4.50.